The van der Waals surface area contributed by atoms with Gasteiger partial charge in [0.25, 0.3) is 11.6 Å². The quantitative estimate of drug-likeness (QED) is 0.649. The number of benzene rings is 2. The van der Waals surface area contributed by atoms with Gasteiger partial charge >= 0.3 is 0 Å². The number of nitro groups is 1. The van der Waals surface area contributed by atoms with Crippen molar-refractivity contribution in [3.05, 3.63) is 63.7 Å². The summed E-state index contributed by atoms with van der Waals surface area (Å²) in [5.74, 6) is -0.0278. The van der Waals surface area contributed by atoms with Crippen molar-refractivity contribution in [3.8, 4) is 5.75 Å². The third kappa shape index (κ3) is 4.06. The minimum atomic E-state index is -0.553. The maximum absolute atomic E-state index is 12.2. The third-order valence-electron chi connectivity index (χ3n) is 3.40. The first-order valence-corrected chi connectivity index (χ1v) is 7.28. The summed E-state index contributed by atoms with van der Waals surface area (Å²) in [5, 5.41) is 13.7. The first-order valence-electron chi connectivity index (χ1n) is 7.28. The molecule has 0 bridgehead atoms. The zero-order valence-corrected chi connectivity index (χ0v) is 13.0. The summed E-state index contributed by atoms with van der Waals surface area (Å²) < 4.78 is 4.97. The highest BCUT2D eigenvalue weighted by Crippen LogP contribution is 2.29. The molecule has 0 radical (unpaired) electrons. The molecule has 120 valence electrons. The van der Waals surface area contributed by atoms with Crippen LogP contribution in [-0.2, 0) is 6.42 Å². The van der Waals surface area contributed by atoms with Gasteiger partial charge in [-0.1, -0.05) is 25.5 Å². The maximum atomic E-state index is 12.2. The van der Waals surface area contributed by atoms with E-state index >= 15 is 0 Å². The summed E-state index contributed by atoms with van der Waals surface area (Å²) in [5.41, 5.74) is 1.54. The van der Waals surface area contributed by atoms with Gasteiger partial charge < -0.3 is 10.1 Å². The molecular weight excluding hydrogens is 296 g/mol. The van der Waals surface area contributed by atoms with Crippen molar-refractivity contribution >= 4 is 17.3 Å². The van der Waals surface area contributed by atoms with Gasteiger partial charge in [-0.2, -0.15) is 0 Å². The van der Waals surface area contributed by atoms with Crippen LogP contribution in [0.3, 0.4) is 0 Å². The van der Waals surface area contributed by atoms with E-state index in [1.165, 1.54) is 19.2 Å². The van der Waals surface area contributed by atoms with Crippen LogP contribution in [0.25, 0.3) is 0 Å². The van der Waals surface area contributed by atoms with E-state index in [4.69, 9.17) is 4.74 Å². The van der Waals surface area contributed by atoms with Crippen molar-refractivity contribution < 1.29 is 14.5 Å². The standard InChI is InChI=1S/C17H18N2O4/c1-3-4-12-5-7-13(8-6-12)17(20)18-15-10-9-14(23-2)11-16(15)19(21)22/h5-11H,3-4H2,1-2H3,(H,18,20). The van der Waals surface area contributed by atoms with Crippen molar-refractivity contribution in [2.24, 2.45) is 0 Å². The van der Waals surface area contributed by atoms with Crippen LogP contribution < -0.4 is 10.1 Å². The summed E-state index contributed by atoms with van der Waals surface area (Å²) in [7, 11) is 1.43. The molecule has 2 aromatic rings. The second kappa shape index (κ2) is 7.40. The molecule has 6 heteroatoms. The molecule has 0 saturated heterocycles. The first-order chi connectivity index (χ1) is 11.0. The average Bonchev–Trinajstić information content (AvgIpc) is 2.56. The molecule has 1 N–H and O–H groups in total. The van der Waals surface area contributed by atoms with E-state index in [1.807, 2.05) is 12.1 Å². The van der Waals surface area contributed by atoms with Crippen molar-refractivity contribution in [1.29, 1.82) is 0 Å². The molecule has 0 aliphatic carbocycles. The molecule has 0 heterocycles. The first kappa shape index (κ1) is 16.5. The predicted octanol–water partition coefficient (Wildman–Crippen LogP) is 3.81. The van der Waals surface area contributed by atoms with Crippen LogP contribution in [0.5, 0.6) is 5.75 Å². The van der Waals surface area contributed by atoms with Gasteiger partial charge in [0.1, 0.15) is 11.4 Å². The number of carbonyl (C=O) groups is 1. The van der Waals surface area contributed by atoms with Crippen molar-refractivity contribution in [2.45, 2.75) is 19.8 Å². The highest BCUT2D eigenvalue weighted by Gasteiger charge is 2.17. The average molecular weight is 314 g/mol. The van der Waals surface area contributed by atoms with E-state index in [0.717, 1.165) is 18.4 Å². The molecule has 0 spiro atoms. The van der Waals surface area contributed by atoms with Gasteiger partial charge in [-0.15, -0.1) is 0 Å². The zero-order valence-electron chi connectivity index (χ0n) is 13.0. The number of anilines is 1. The Kier molecular flexibility index (Phi) is 5.30. The van der Waals surface area contributed by atoms with E-state index in [1.54, 1.807) is 18.2 Å². The molecular formula is C17H18N2O4. The Morgan fingerprint density at radius 1 is 1.22 bits per heavy atom. The van der Waals surface area contributed by atoms with Gasteiger partial charge in [-0.3, -0.25) is 14.9 Å². The van der Waals surface area contributed by atoms with E-state index in [9.17, 15) is 14.9 Å². The van der Waals surface area contributed by atoms with Gasteiger partial charge in [0.05, 0.1) is 18.1 Å². The molecule has 0 unspecified atom stereocenters. The van der Waals surface area contributed by atoms with Crippen LogP contribution in [0, 0.1) is 10.1 Å². The Morgan fingerprint density at radius 3 is 2.48 bits per heavy atom. The lowest BCUT2D eigenvalue weighted by molar-refractivity contribution is -0.384. The predicted molar refractivity (Wildman–Crippen MR) is 88.0 cm³/mol. The SMILES string of the molecule is CCCc1ccc(C(=O)Nc2ccc(OC)cc2[N+](=O)[O-])cc1. The van der Waals surface area contributed by atoms with Gasteiger partial charge in [-0.25, -0.2) is 0 Å². The van der Waals surface area contributed by atoms with E-state index in [-0.39, 0.29) is 17.3 Å². The molecule has 6 nitrogen and oxygen atoms in total. The van der Waals surface area contributed by atoms with E-state index < -0.39 is 4.92 Å². The monoisotopic (exact) mass is 314 g/mol. The van der Waals surface area contributed by atoms with Gasteiger partial charge in [-0.05, 0) is 36.2 Å². The largest absolute Gasteiger partial charge is 0.496 e. The Morgan fingerprint density at radius 2 is 1.91 bits per heavy atom. The van der Waals surface area contributed by atoms with Crippen LogP contribution >= 0.6 is 0 Å². The Bertz CT molecular complexity index is 711. The van der Waals surface area contributed by atoms with Gasteiger partial charge in [0.2, 0.25) is 0 Å². The summed E-state index contributed by atoms with van der Waals surface area (Å²) >= 11 is 0. The van der Waals surface area contributed by atoms with Crippen molar-refractivity contribution in [2.75, 3.05) is 12.4 Å². The normalized spacial score (nSPS) is 10.2. The molecule has 2 aromatic carbocycles. The number of amides is 1. The van der Waals surface area contributed by atoms with Crippen LogP contribution in [0.4, 0.5) is 11.4 Å². The molecule has 1 amide bonds. The van der Waals surface area contributed by atoms with E-state index in [2.05, 4.69) is 12.2 Å². The lowest BCUT2D eigenvalue weighted by Crippen LogP contribution is -2.13. The molecule has 0 aromatic heterocycles. The van der Waals surface area contributed by atoms with Gasteiger partial charge in [0.15, 0.2) is 0 Å². The summed E-state index contributed by atoms with van der Waals surface area (Å²) in [6.07, 6.45) is 1.98. The Balaban J connectivity index is 2.21. The second-order valence-corrected chi connectivity index (χ2v) is 5.04. The lowest BCUT2D eigenvalue weighted by atomic mass is 10.1. The maximum Gasteiger partial charge on any atom is 0.296 e. The molecule has 0 atom stereocenters. The summed E-state index contributed by atoms with van der Waals surface area (Å²) in [6.45, 7) is 2.09. The number of rotatable bonds is 6. The number of nitrogens with zero attached hydrogens (tertiary/aromatic N) is 1. The molecule has 0 saturated carbocycles. The van der Waals surface area contributed by atoms with Crippen LogP contribution in [-0.4, -0.2) is 17.9 Å². The lowest BCUT2D eigenvalue weighted by Gasteiger charge is -2.08. The van der Waals surface area contributed by atoms with Gasteiger partial charge in [0, 0.05) is 5.56 Å². The fourth-order valence-electron chi connectivity index (χ4n) is 2.20. The van der Waals surface area contributed by atoms with Crippen molar-refractivity contribution in [3.63, 3.8) is 0 Å². The number of aryl methyl sites for hydroxylation is 1. The topological polar surface area (TPSA) is 81.5 Å². The Hall–Kier alpha value is -2.89. The number of nitro benzene ring substituents is 1. The number of nitrogens with one attached hydrogen (secondary N) is 1. The number of hydrogen-bond acceptors (Lipinski definition) is 4. The molecule has 0 aliphatic rings. The third-order valence-corrected chi connectivity index (χ3v) is 3.40. The number of ether oxygens (including phenoxy) is 1. The van der Waals surface area contributed by atoms with Crippen molar-refractivity contribution in [1.82, 2.24) is 0 Å². The van der Waals surface area contributed by atoms with Crippen LogP contribution in [0.1, 0.15) is 29.3 Å². The van der Waals surface area contributed by atoms with Crippen LogP contribution in [0.15, 0.2) is 42.5 Å². The molecule has 0 aliphatic heterocycles. The highest BCUT2D eigenvalue weighted by molar-refractivity contribution is 6.05. The highest BCUT2D eigenvalue weighted by atomic mass is 16.6. The fourth-order valence-corrected chi connectivity index (χ4v) is 2.20. The minimum absolute atomic E-state index is 0.137. The van der Waals surface area contributed by atoms with E-state index in [0.29, 0.717) is 11.3 Å². The molecule has 23 heavy (non-hydrogen) atoms. The Labute approximate surface area is 134 Å². The number of hydrogen-bond donors (Lipinski definition) is 1. The number of carbonyl (C=O) groups excluding carboxylic acids is 1. The molecule has 0 fully saturated rings. The summed E-state index contributed by atoms with van der Waals surface area (Å²) in [6, 6.07) is 11.5. The zero-order chi connectivity index (χ0) is 16.8. The smallest absolute Gasteiger partial charge is 0.296 e. The number of methoxy groups -OCH3 is 1. The second-order valence-electron chi connectivity index (χ2n) is 5.04. The fraction of sp³-hybridized carbons (Fsp3) is 0.235. The van der Waals surface area contributed by atoms with Crippen LogP contribution in [0.2, 0.25) is 0 Å². The summed E-state index contributed by atoms with van der Waals surface area (Å²) in [4.78, 5) is 22.8. The molecule has 2 rings (SSSR count). The minimum Gasteiger partial charge on any atom is -0.496 e.